The number of halogens is 2. The Kier molecular flexibility index (Phi) is 7.42. The average molecular weight is 499 g/mol. The molecule has 3 aromatic rings. The molecule has 3 rings (SSSR count). The number of aromatic nitrogens is 2. The summed E-state index contributed by atoms with van der Waals surface area (Å²) in [6, 6.07) is 10.5. The fourth-order valence-electron chi connectivity index (χ4n) is 2.67. The lowest BCUT2D eigenvalue weighted by atomic mass is 10.1. The van der Waals surface area contributed by atoms with Gasteiger partial charge in [-0.05, 0) is 36.8 Å². The predicted molar refractivity (Wildman–Crippen MR) is 121 cm³/mol. The Hall–Kier alpha value is -2.63. The molecule has 4 N–H and O–H groups in total. The minimum Gasteiger partial charge on any atom is -0.478 e. The maximum atomic E-state index is 12.8. The van der Waals surface area contributed by atoms with Gasteiger partial charge < -0.3 is 20.3 Å². The van der Waals surface area contributed by atoms with Crippen molar-refractivity contribution >= 4 is 39.0 Å². The number of nitrogens with zero attached hydrogens (tertiary/aromatic N) is 2. The number of anilines is 1. The van der Waals surface area contributed by atoms with E-state index < -0.39 is 16.1 Å². The van der Waals surface area contributed by atoms with Crippen LogP contribution in [0.3, 0.4) is 0 Å². The molecule has 1 unspecified atom stereocenters. The van der Waals surface area contributed by atoms with Crippen molar-refractivity contribution in [1.29, 1.82) is 0 Å². The van der Waals surface area contributed by atoms with E-state index in [0.29, 0.717) is 11.4 Å². The molecule has 0 radical (unpaired) electrons. The fraction of sp³-hybridized carbons (Fsp3) is 0.200. The summed E-state index contributed by atoms with van der Waals surface area (Å²) in [4.78, 5) is 8.24. The van der Waals surface area contributed by atoms with Gasteiger partial charge in [0.15, 0.2) is 0 Å². The van der Waals surface area contributed by atoms with E-state index in [4.69, 9.17) is 43.5 Å². The van der Waals surface area contributed by atoms with Gasteiger partial charge in [0.1, 0.15) is 16.3 Å². The van der Waals surface area contributed by atoms with E-state index in [-0.39, 0.29) is 39.1 Å². The van der Waals surface area contributed by atoms with Crippen LogP contribution in [0, 0.1) is 6.92 Å². The van der Waals surface area contributed by atoms with Gasteiger partial charge >= 0.3 is 0 Å². The van der Waals surface area contributed by atoms with Crippen LogP contribution in [-0.4, -0.2) is 37.2 Å². The number of nitrogens with one attached hydrogen (secondary N) is 1. The van der Waals surface area contributed by atoms with Crippen molar-refractivity contribution in [3.63, 3.8) is 0 Å². The van der Waals surface area contributed by atoms with E-state index in [9.17, 15) is 8.42 Å². The molecule has 1 heterocycles. The first-order valence-electron chi connectivity index (χ1n) is 9.20. The van der Waals surface area contributed by atoms with E-state index in [1.165, 1.54) is 25.3 Å². The SMILES string of the molecule is COc1nc(Oc2ccc(C(N)CO)cc2)c(C)nc1NS(=O)(=O)c1cccc(Cl)c1Cl. The molecule has 0 amide bonds. The number of ether oxygens (including phenoxy) is 2. The van der Waals surface area contributed by atoms with Crippen molar-refractivity contribution in [3.8, 4) is 17.5 Å². The second kappa shape index (κ2) is 9.88. The molecule has 9 nitrogen and oxygen atoms in total. The number of nitrogens with two attached hydrogens (primary N) is 1. The summed E-state index contributed by atoms with van der Waals surface area (Å²) in [5, 5.41) is 9.12. The number of hydrogen-bond donors (Lipinski definition) is 3. The van der Waals surface area contributed by atoms with Gasteiger partial charge in [-0.2, -0.15) is 4.98 Å². The van der Waals surface area contributed by atoms with Gasteiger partial charge in [-0.15, -0.1) is 0 Å². The third-order valence-corrected chi connectivity index (χ3v) is 6.66. The molecular formula is C20H20Cl2N4O5S. The number of aliphatic hydroxyl groups excluding tert-OH is 1. The van der Waals surface area contributed by atoms with Gasteiger partial charge in [-0.25, -0.2) is 13.4 Å². The first-order valence-corrected chi connectivity index (χ1v) is 11.4. The molecule has 0 aliphatic carbocycles. The minimum atomic E-state index is -4.13. The Morgan fingerprint density at radius 2 is 1.81 bits per heavy atom. The standard InChI is InChI=1S/C20H20Cl2N4O5S/c1-11-19(31-13-8-6-12(7-9-13)15(23)10-27)25-20(30-2)18(24-11)26-32(28,29)16-5-3-4-14(21)17(16)22/h3-9,15,27H,10,23H2,1-2H3,(H,24,26). The maximum Gasteiger partial charge on any atom is 0.264 e. The zero-order valence-electron chi connectivity index (χ0n) is 17.0. The maximum absolute atomic E-state index is 12.8. The van der Waals surface area contributed by atoms with E-state index in [1.54, 1.807) is 31.2 Å². The van der Waals surface area contributed by atoms with Gasteiger partial charge in [0.05, 0.1) is 29.8 Å². The van der Waals surface area contributed by atoms with Crippen LogP contribution in [0.1, 0.15) is 17.3 Å². The van der Waals surface area contributed by atoms with Crippen LogP contribution in [0.4, 0.5) is 5.82 Å². The monoisotopic (exact) mass is 498 g/mol. The highest BCUT2D eigenvalue weighted by atomic mass is 35.5. The summed E-state index contributed by atoms with van der Waals surface area (Å²) in [5.41, 5.74) is 6.83. The zero-order valence-corrected chi connectivity index (χ0v) is 19.4. The lowest BCUT2D eigenvalue weighted by Gasteiger charge is -2.15. The average Bonchev–Trinajstić information content (AvgIpc) is 2.77. The number of aryl methyl sites for hydroxylation is 1. The highest BCUT2D eigenvalue weighted by Crippen LogP contribution is 2.33. The molecular weight excluding hydrogens is 479 g/mol. The zero-order chi connectivity index (χ0) is 23.5. The van der Waals surface area contributed by atoms with Gasteiger partial charge in [0.2, 0.25) is 11.7 Å². The van der Waals surface area contributed by atoms with E-state index in [0.717, 1.165) is 5.56 Å². The Bertz CT molecular complexity index is 1220. The van der Waals surface area contributed by atoms with E-state index in [1.807, 2.05) is 0 Å². The van der Waals surface area contributed by atoms with Crippen molar-refractivity contribution in [2.24, 2.45) is 5.73 Å². The van der Waals surface area contributed by atoms with E-state index in [2.05, 4.69) is 14.7 Å². The van der Waals surface area contributed by atoms with Gasteiger partial charge in [0, 0.05) is 0 Å². The topological polar surface area (TPSA) is 137 Å². The summed E-state index contributed by atoms with van der Waals surface area (Å²) in [6.07, 6.45) is 0. The highest BCUT2D eigenvalue weighted by molar-refractivity contribution is 7.92. The normalized spacial score (nSPS) is 12.3. The third kappa shape index (κ3) is 5.22. The molecule has 0 fully saturated rings. The first-order chi connectivity index (χ1) is 15.2. The lowest BCUT2D eigenvalue weighted by Crippen LogP contribution is -2.16. The minimum absolute atomic E-state index is 0.0958. The van der Waals surface area contributed by atoms with E-state index >= 15 is 0 Å². The van der Waals surface area contributed by atoms with Crippen molar-refractivity contribution in [2.75, 3.05) is 18.4 Å². The number of sulfonamides is 1. The Labute approximate surface area is 195 Å². The van der Waals surface area contributed by atoms with Crippen molar-refractivity contribution < 1.29 is 23.0 Å². The van der Waals surface area contributed by atoms with Crippen LogP contribution in [0.5, 0.6) is 17.5 Å². The quantitative estimate of drug-likeness (QED) is 0.427. The molecule has 1 aromatic heterocycles. The van der Waals surface area contributed by atoms with Crippen molar-refractivity contribution in [3.05, 3.63) is 63.8 Å². The summed E-state index contributed by atoms with van der Waals surface area (Å²) >= 11 is 12.0. The number of methoxy groups -OCH3 is 1. The Morgan fingerprint density at radius 3 is 2.44 bits per heavy atom. The van der Waals surface area contributed by atoms with Crippen LogP contribution >= 0.6 is 23.2 Å². The second-order valence-electron chi connectivity index (χ2n) is 6.59. The number of rotatable bonds is 8. The summed E-state index contributed by atoms with van der Waals surface area (Å²) in [5.74, 6) is 0.311. The molecule has 0 saturated heterocycles. The van der Waals surface area contributed by atoms with Gasteiger partial charge in [0.25, 0.3) is 15.9 Å². The largest absolute Gasteiger partial charge is 0.478 e. The summed E-state index contributed by atoms with van der Waals surface area (Å²) in [7, 11) is -2.81. The van der Waals surface area contributed by atoms with Crippen LogP contribution in [0.15, 0.2) is 47.4 Å². The van der Waals surface area contributed by atoms with Crippen LogP contribution in [0.2, 0.25) is 10.0 Å². The molecule has 12 heteroatoms. The van der Waals surface area contributed by atoms with Crippen LogP contribution in [0.25, 0.3) is 0 Å². The highest BCUT2D eigenvalue weighted by Gasteiger charge is 2.24. The number of benzene rings is 2. The molecule has 0 bridgehead atoms. The molecule has 32 heavy (non-hydrogen) atoms. The predicted octanol–water partition coefficient (Wildman–Crippen LogP) is 3.69. The third-order valence-electron chi connectivity index (χ3n) is 4.34. The van der Waals surface area contributed by atoms with Crippen molar-refractivity contribution in [2.45, 2.75) is 17.9 Å². The Morgan fingerprint density at radius 1 is 1.12 bits per heavy atom. The van der Waals surface area contributed by atoms with Crippen molar-refractivity contribution in [1.82, 2.24) is 9.97 Å². The van der Waals surface area contributed by atoms with Crippen LogP contribution in [-0.2, 0) is 10.0 Å². The van der Waals surface area contributed by atoms with Crippen LogP contribution < -0.4 is 19.9 Å². The molecule has 0 aliphatic rings. The van der Waals surface area contributed by atoms with Gasteiger partial charge in [-0.1, -0.05) is 41.4 Å². The smallest absolute Gasteiger partial charge is 0.264 e. The fourth-order valence-corrected chi connectivity index (χ4v) is 4.43. The molecule has 1 atom stereocenters. The lowest BCUT2D eigenvalue weighted by molar-refractivity contribution is 0.268. The number of hydrogen-bond acceptors (Lipinski definition) is 8. The molecule has 2 aromatic carbocycles. The second-order valence-corrected chi connectivity index (χ2v) is 9.03. The molecule has 0 aliphatic heterocycles. The number of aliphatic hydroxyl groups is 1. The summed E-state index contributed by atoms with van der Waals surface area (Å²) < 4.78 is 38.9. The molecule has 170 valence electrons. The first kappa shape index (κ1) is 24.0. The van der Waals surface area contributed by atoms with Gasteiger partial charge in [-0.3, -0.25) is 4.72 Å². The molecule has 0 spiro atoms. The summed E-state index contributed by atoms with van der Waals surface area (Å²) in [6.45, 7) is 1.42. The molecule has 0 saturated carbocycles. The Balaban J connectivity index is 1.89.